The molecule has 0 bridgehead atoms. The van der Waals surface area contributed by atoms with E-state index in [1.807, 2.05) is 0 Å². The van der Waals surface area contributed by atoms with Crippen molar-refractivity contribution in [2.75, 3.05) is 13.6 Å². The van der Waals surface area contributed by atoms with Gasteiger partial charge in [0.05, 0.1) is 12.3 Å². The van der Waals surface area contributed by atoms with Gasteiger partial charge >= 0.3 is 12.1 Å². The van der Waals surface area contributed by atoms with E-state index in [-0.39, 0.29) is 6.54 Å². The average Bonchev–Trinajstić information content (AvgIpc) is 2.15. The molecule has 1 aliphatic rings. The van der Waals surface area contributed by atoms with E-state index in [2.05, 4.69) is 10.2 Å². The van der Waals surface area contributed by atoms with Gasteiger partial charge in [-0.15, -0.1) is 5.10 Å². The summed E-state index contributed by atoms with van der Waals surface area (Å²) in [5.74, 6) is -6.33. The Morgan fingerprint density at radius 3 is 2.12 bits per heavy atom. The topological polar surface area (TPSA) is 28.0 Å². The minimum Gasteiger partial charge on any atom is -0.351 e. The van der Waals surface area contributed by atoms with E-state index in [4.69, 9.17) is 0 Å². The van der Waals surface area contributed by atoms with Crippen LogP contribution in [0.5, 0.6) is 0 Å². The highest BCUT2D eigenvalue weighted by atomic mass is 19.4. The number of halogens is 5. The maximum Gasteiger partial charge on any atom is 0.461 e. The van der Waals surface area contributed by atoms with Gasteiger partial charge in [-0.3, -0.25) is 0 Å². The molecular weight excluding hydrogens is 233 g/mol. The van der Waals surface area contributed by atoms with Crippen LogP contribution in [0.1, 0.15) is 13.3 Å². The Labute approximate surface area is 88.6 Å². The molecule has 0 aromatic rings. The van der Waals surface area contributed by atoms with Crippen molar-refractivity contribution in [3.05, 3.63) is 0 Å². The number of hydrogen-bond donors (Lipinski definition) is 0. The van der Waals surface area contributed by atoms with Crippen LogP contribution < -0.4 is 0 Å². The highest BCUT2D eigenvalue weighted by molar-refractivity contribution is 5.97. The Balaban J connectivity index is 3.06. The van der Waals surface area contributed by atoms with Gasteiger partial charge in [0.25, 0.3) is 0 Å². The molecular formula is C8H10F5N3. The Morgan fingerprint density at radius 2 is 1.75 bits per heavy atom. The van der Waals surface area contributed by atoms with Gasteiger partial charge in [-0.25, -0.2) is 0 Å². The van der Waals surface area contributed by atoms with Crippen molar-refractivity contribution in [1.29, 1.82) is 0 Å². The zero-order chi connectivity index (χ0) is 12.6. The largest absolute Gasteiger partial charge is 0.461 e. The predicted octanol–water partition coefficient (Wildman–Crippen LogP) is 2.29. The van der Waals surface area contributed by atoms with Gasteiger partial charge in [-0.05, 0) is 6.42 Å². The van der Waals surface area contributed by atoms with Crippen LogP contribution in [0.4, 0.5) is 22.0 Å². The maximum absolute atomic E-state index is 12.9. The summed E-state index contributed by atoms with van der Waals surface area (Å²) in [7, 11) is 1.13. The van der Waals surface area contributed by atoms with Crippen LogP contribution in [-0.2, 0) is 0 Å². The third-order valence-electron chi connectivity index (χ3n) is 2.11. The number of amidine groups is 1. The van der Waals surface area contributed by atoms with Gasteiger partial charge in [0.15, 0.2) is 0 Å². The van der Waals surface area contributed by atoms with E-state index in [1.165, 1.54) is 0 Å². The molecule has 0 radical (unpaired) electrons. The molecule has 0 amide bonds. The van der Waals surface area contributed by atoms with Crippen molar-refractivity contribution in [2.24, 2.45) is 10.2 Å². The molecule has 0 spiro atoms. The van der Waals surface area contributed by atoms with Crippen LogP contribution in [0, 0.1) is 0 Å². The first kappa shape index (κ1) is 12.9. The normalized spacial score (nSPS) is 18.3. The first-order valence-electron chi connectivity index (χ1n) is 4.49. The highest BCUT2D eigenvalue weighted by Gasteiger charge is 2.63. The number of nitrogens with zero attached hydrogens (tertiary/aromatic N) is 3. The van der Waals surface area contributed by atoms with Gasteiger partial charge in [-0.1, -0.05) is 6.92 Å². The summed E-state index contributed by atoms with van der Waals surface area (Å²) in [6.07, 6.45) is -5.20. The van der Waals surface area contributed by atoms with Crippen molar-refractivity contribution in [1.82, 2.24) is 4.90 Å². The first-order valence-corrected chi connectivity index (χ1v) is 4.49. The molecule has 0 saturated carbocycles. The minimum absolute atomic E-state index is 0.0684. The van der Waals surface area contributed by atoms with E-state index in [9.17, 15) is 22.0 Å². The molecule has 0 saturated heterocycles. The zero-order valence-electron chi connectivity index (χ0n) is 8.65. The molecule has 1 aliphatic heterocycles. The third-order valence-corrected chi connectivity index (χ3v) is 2.11. The summed E-state index contributed by atoms with van der Waals surface area (Å²) in [6.45, 7) is 1.65. The van der Waals surface area contributed by atoms with Gasteiger partial charge < -0.3 is 4.90 Å². The van der Waals surface area contributed by atoms with Gasteiger partial charge in [-0.2, -0.15) is 27.1 Å². The Kier molecular flexibility index (Phi) is 3.20. The lowest BCUT2D eigenvalue weighted by molar-refractivity contribution is -0.252. The van der Waals surface area contributed by atoms with Crippen molar-refractivity contribution in [2.45, 2.75) is 25.4 Å². The average molecular weight is 243 g/mol. The molecule has 8 heteroatoms. The lowest BCUT2D eigenvalue weighted by Gasteiger charge is -2.30. The van der Waals surface area contributed by atoms with Gasteiger partial charge in [0.1, 0.15) is 0 Å². The van der Waals surface area contributed by atoms with E-state index >= 15 is 0 Å². The van der Waals surface area contributed by atoms with Crippen LogP contribution in [0.3, 0.4) is 0 Å². The second kappa shape index (κ2) is 3.99. The highest BCUT2D eigenvalue weighted by Crippen LogP contribution is 2.37. The predicted molar refractivity (Wildman–Crippen MR) is 48.8 cm³/mol. The lowest BCUT2D eigenvalue weighted by atomic mass is 10.2. The fourth-order valence-corrected chi connectivity index (χ4v) is 1.19. The Morgan fingerprint density at radius 1 is 1.19 bits per heavy atom. The van der Waals surface area contributed by atoms with Crippen LogP contribution in [0.15, 0.2) is 10.2 Å². The fourth-order valence-electron chi connectivity index (χ4n) is 1.19. The van der Waals surface area contributed by atoms with E-state index in [0.717, 1.165) is 11.9 Å². The molecule has 0 aromatic heterocycles. The molecule has 0 unspecified atom stereocenters. The number of hydrogen-bond acceptors (Lipinski definition) is 3. The molecule has 0 fully saturated rings. The summed E-state index contributed by atoms with van der Waals surface area (Å²) in [5.41, 5.74) is 0.462. The first-order chi connectivity index (χ1) is 7.20. The van der Waals surface area contributed by atoms with Crippen molar-refractivity contribution in [3.63, 3.8) is 0 Å². The number of rotatable bonds is 2. The Bertz CT molecular complexity index is 331. The third kappa shape index (κ3) is 2.14. The van der Waals surface area contributed by atoms with Gasteiger partial charge in [0.2, 0.25) is 5.84 Å². The standard InChI is InChI=1S/C8H10F5N3/c1-3-5-4-16(2)6(15-14-5)7(9,10)8(11,12)13/h3-4H2,1-2H3. The van der Waals surface area contributed by atoms with Crippen LogP contribution in [0.2, 0.25) is 0 Å². The molecule has 1 rings (SSSR count). The molecule has 0 atom stereocenters. The lowest BCUT2D eigenvalue weighted by Crippen LogP contribution is -2.53. The maximum atomic E-state index is 12.9. The summed E-state index contributed by atoms with van der Waals surface area (Å²) in [4.78, 5) is 0.763. The molecule has 1 heterocycles. The molecule has 0 N–H and O–H groups in total. The monoisotopic (exact) mass is 243 g/mol. The summed E-state index contributed by atoms with van der Waals surface area (Å²) >= 11 is 0. The quantitative estimate of drug-likeness (QED) is 0.684. The molecule has 0 aliphatic carbocycles. The van der Waals surface area contributed by atoms with E-state index in [0.29, 0.717) is 12.1 Å². The smallest absolute Gasteiger partial charge is 0.351 e. The van der Waals surface area contributed by atoms with Crippen LogP contribution in [-0.4, -0.2) is 42.1 Å². The molecule has 16 heavy (non-hydrogen) atoms. The SMILES string of the molecule is CCC1=NN=C(C(F)(F)C(F)(F)F)N(C)C1. The second-order valence-corrected chi connectivity index (χ2v) is 3.37. The van der Waals surface area contributed by atoms with Crippen LogP contribution in [0.25, 0.3) is 0 Å². The van der Waals surface area contributed by atoms with E-state index < -0.39 is 17.9 Å². The molecule has 0 aromatic carbocycles. The molecule has 3 nitrogen and oxygen atoms in total. The van der Waals surface area contributed by atoms with Crippen molar-refractivity contribution >= 4 is 11.5 Å². The minimum atomic E-state index is -5.65. The fraction of sp³-hybridized carbons (Fsp3) is 0.750. The second-order valence-electron chi connectivity index (χ2n) is 3.37. The summed E-state index contributed by atoms with van der Waals surface area (Å²) in [6, 6.07) is 0. The van der Waals surface area contributed by atoms with Gasteiger partial charge in [0, 0.05) is 7.05 Å². The summed E-state index contributed by atoms with van der Waals surface area (Å²) in [5, 5.41) is 6.30. The number of alkyl halides is 5. The van der Waals surface area contributed by atoms with Crippen molar-refractivity contribution in [3.8, 4) is 0 Å². The Hall–Kier alpha value is -1.21. The molecule has 92 valence electrons. The zero-order valence-corrected chi connectivity index (χ0v) is 8.65. The van der Waals surface area contributed by atoms with E-state index in [1.54, 1.807) is 6.92 Å². The van der Waals surface area contributed by atoms with Crippen LogP contribution >= 0.6 is 0 Å². The summed E-state index contributed by atoms with van der Waals surface area (Å²) < 4.78 is 62.1. The van der Waals surface area contributed by atoms with Crippen molar-refractivity contribution < 1.29 is 22.0 Å².